The fourth-order valence-electron chi connectivity index (χ4n) is 17.8. The fraction of sp³-hybridized carbons (Fsp3) is 0.872. The first kappa shape index (κ1) is 124. The SMILES string of the molecule is C=CCN1CCN(C(C)C)CC1.CC(C)N1CCN(CCN(C)C)CC1.CC(C)N1CCN(Cc2ccccc2F)CC1.CC(C)NCCN(C(C)C)C(C)C.CCCCCCCCN1CCN(C(C)C)CC1.CCCCN1CCN(C(C)C)CC1.CCN(CC)CCNCCCC(C)C.CCN1CCC[C@H]1CNC(C)C.Cc1ccccc1CN1CCN(C(C)C)CC1. The molecule has 20 heteroatoms. The van der Waals surface area contributed by atoms with Crippen LogP contribution < -0.4 is 16.0 Å². The van der Waals surface area contributed by atoms with E-state index in [1.54, 1.807) is 12.1 Å². The molecule has 19 nitrogen and oxygen atoms in total. The molecule has 129 heavy (non-hydrogen) atoms. The van der Waals surface area contributed by atoms with E-state index in [4.69, 9.17) is 0 Å². The van der Waals surface area contributed by atoms with Crippen LogP contribution in [0.5, 0.6) is 0 Å². The molecule has 3 N–H and O–H groups in total. The van der Waals surface area contributed by atoms with Crippen molar-refractivity contribution < 1.29 is 4.39 Å². The average Bonchev–Trinajstić information content (AvgIpc) is 1.51. The molecule has 0 amide bonds. The van der Waals surface area contributed by atoms with E-state index in [0.29, 0.717) is 48.3 Å². The van der Waals surface area contributed by atoms with Crippen molar-refractivity contribution in [1.82, 2.24) is 94.3 Å². The van der Waals surface area contributed by atoms with Gasteiger partial charge in [-0.15, -0.1) is 6.58 Å². The van der Waals surface area contributed by atoms with Crippen LogP contribution in [0.4, 0.5) is 4.39 Å². The van der Waals surface area contributed by atoms with Gasteiger partial charge in [0.05, 0.1) is 0 Å². The first-order chi connectivity index (χ1) is 61.5. The van der Waals surface area contributed by atoms with Crippen molar-refractivity contribution in [1.29, 1.82) is 0 Å². The van der Waals surface area contributed by atoms with Gasteiger partial charge in [-0.2, -0.15) is 0 Å². The first-order valence-electron chi connectivity index (χ1n) is 53.7. The van der Waals surface area contributed by atoms with E-state index in [0.717, 1.165) is 95.1 Å². The Morgan fingerprint density at radius 3 is 1.17 bits per heavy atom. The van der Waals surface area contributed by atoms with Gasteiger partial charge in [0.1, 0.15) is 5.82 Å². The van der Waals surface area contributed by atoms with Gasteiger partial charge >= 0.3 is 0 Å². The van der Waals surface area contributed by atoms with Crippen LogP contribution in [0.1, 0.15) is 281 Å². The van der Waals surface area contributed by atoms with Gasteiger partial charge in [0.15, 0.2) is 0 Å². The lowest BCUT2D eigenvalue weighted by Gasteiger charge is -2.37. The molecule has 9 rings (SSSR count). The molecule has 2 aromatic carbocycles. The van der Waals surface area contributed by atoms with Crippen molar-refractivity contribution in [3.8, 4) is 0 Å². The lowest BCUT2D eigenvalue weighted by atomic mass is 10.1. The molecule has 0 bridgehead atoms. The number of aryl methyl sites for hydroxylation is 1. The first-order valence-corrected chi connectivity index (χ1v) is 53.7. The maximum Gasteiger partial charge on any atom is 0.127 e. The maximum atomic E-state index is 13.5. The van der Waals surface area contributed by atoms with Crippen LogP contribution in [-0.2, 0) is 13.1 Å². The minimum Gasteiger partial charge on any atom is -0.315 e. The Morgan fingerprint density at radius 2 is 0.791 bits per heavy atom. The van der Waals surface area contributed by atoms with E-state index in [1.807, 2.05) is 18.2 Å². The molecule has 2 aromatic rings. The summed E-state index contributed by atoms with van der Waals surface area (Å²) in [5.74, 6) is 0.762. The van der Waals surface area contributed by atoms with Gasteiger partial charge in [-0.3, -0.25) is 58.8 Å². The van der Waals surface area contributed by atoms with E-state index in [-0.39, 0.29) is 5.82 Å². The zero-order valence-electron chi connectivity index (χ0n) is 91.3. The van der Waals surface area contributed by atoms with Crippen LogP contribution in [0.15, 0.2) is 61.2 Å². The third-order valence-corrected chi connectivity index (χ3v) is 27.3. The summed E-state index contributed by atoms with van der Waals surface area (Å²) in [6, 6.07) is 23.3. The second kappa shape index (κ2) is 77.3. The fourth-order valence-corrected chi connectivity index (χ4v) is 17.8. The Hall–Kier alpha value is -2.65. The molecule has 7 saturated heterocycles. The number of halogens is 1. The highest BCUT2D eigenvalue weighted by Gasteiger charge is 2.26. The monoisotopic (exact) mass is 1820 g/mol. The van der Waals surface area contributed by atoms with Crippen molar-refractivity contribution in [3.63, 3.8) is 0 Å². The summed E-state index contributed by atoms with van der Waals surface area (Å²) < 4.78 is 13.5. The van der Waals surface area contributed by atoms with E-state index < -0.39 is 0 Å². The highest BCUT2D eigenvalue weighted by molar-refractivity contribution is 5.25. The molecule has 7 heterocycles. The number of likely N-dealkylation sites (tertiary alicyclic amines) is 1. The summed E-state index contributed by atoms with van der Waals surface area (Å²) in [5, 5.41) is 10.5. The summed E-state index contributed by atoms with van der Waals surface area (Å²) in [5.41, 5.74) is 3.70. The number of piperazine rings is 6. The van der Waals surface area contributed by atoms with Gasteiger partial charge in [-0.1, -0.05) is 163 Å². The summed E-state index contributed by atoms with van der Waals surface area (Å²) in [4.78, 5) is 40.3. The molecule has 0 unspecified atom stereocenters. The summed E-state index contributed by atoms with van der Waals surface area (Å²) >= 11 is 0. The van der Waals surface area contributed by atoms with Crippen molar-refractivity contribution in [2.45, 2.75) is 350 Å². The number of unbranched alkanes of at least 4 members (excludes halogenated alkanes) is 6. The van der Waals surface area contributed by atoms with Crippen molar-refractivity contribution in [2.75, 3.05) is 269 Å². The number of benzene rings is 2. The van der Waals surface area contributed by atoms with Crippen molar-refractivity contribution >= 4 is 0 Å². The van der Waals surface area contributed by atoms with E-state index in [2.05, 4.69) is 333 Å². The normalized spacial score (nSPS) is 18.8. The van der Waals surface area contributed by atoms with Gasteiger partial charge in [-0.05, 0) is 239 Å². The predicted molar refractivity (Wildman–Crippen MR) is 569 cm³/mol. The second-order valence-electron chi connectivity index (χ2n) is 41.7. The van der Waals surface area contributed by atoms with Crippen LogP contribution in [0.25, 0.3) is 0 Å². The molecule has 0 aromatic heterocycles. The standard InChI is InChI=1S/C15H24N2.C15H32N2.C14H21FN2.C12H28N2.C11H25N3.C11H24N2.C11H26N2.C10H22N2.C10H20N2/c1-13(2)17-10-8-16(9-11-17)12-15-7-5-4-6-14(15)3;1-4-5-6-7-8-9-10-16-11-13-17(14-12-16)15(2)3;1-12(2)17-9-7-16(8-10-17)11-13-5-3-4-6-14(13)15;1-5-14(6-2)11-10-13-9-7-8-12(3)4;1-11(2)14-9-7-13(8-10-14)6-5-12(3)4;1-4-5-6-12-7-9-13(10-8-12)11(2)3;1-9(2)12-7-8-13(10(3)4)11(5)6;1-4-12-7-5-6-10(12)8-11-9(2)3;1-4-5-11-6-8-12(9-7-11)10(2)3/h4-7,13H,8-12H2,1-3H3;15H,4-14H2,1-3H3;3-6,12H,7-11H2,1-2H3;12-13H,5-11H2,1-4H3;11H,5-10H2,1-4H3;11H,4-10H2,1-3H3;9-12H,7-8H2,1-6H3;9-11H,4-8H2,1-3H3;4,10H,1,5-9H2,2-3H3/t;;;;;;;10-;/m.......0./s1. The highest BCUT2D eigenvalue weighted by Crippen LogP contribution is 2.19. The van der Waals surface area contributed by atoms with E-state index in [1.165, 1.54) is 291 Å². The van der Waals surface area contributed by atoms with E-state index in [9.17, 15) is 4.39 Å². The second-order valence-corrected chi connectivity index (χ2v) is 41.7. The lowest BCUT2D eigenvalue weighted by molar-refractivity contribution is 0.103. The average molecular weight is 1820 g/mol. The van der Waals surface area contributed by atoms with Crippen LogP contribution >= 0.6 is 0 Å². The Kier molecular flexibility index (Phi) is 74.5. The Bertz CT molecular complexity index is 2710. The Labute approximate surface area is 803 Å². The zero-order chi connectivity index (χ0) is 96.4. The van der Waals surface area contributed by atoms with Gasteiger partial charge in [0.2, 0.25) is 0 Å². The minimum atomic E-state index is -0.0845. The molecular weight excluding hydrogens is 1590 g/mol. The molecule has 7 fully saturated rings. The smallest absolute Gasteiger partial charge is 0.127 e. The predicted octanol–water partition coefficient (Wildman–Crippen LogP) is 17.8. The molecule has 1 atom stereocenters. The third-order valence-electron chi connectivity index (χ3n) is 27.3. The Morgan fingerprint density at radius 1 is 0.403 bits per heavy atom. The number of nitrogens with zero attached hydrogens (tertiary/aromatic N) is 16. The molecular formula is C109H222FN19. The molecule has 0 saturated carbocycles. The van der Waals surface area contributed by atoms with Crippen LogP contribution in [0.3, 0.4) is 0 Å². The highest BCUT2D eigenvalue weighted by atomic mass is 19.1. The van der Waals surface area contributed by atoms with Crippen LogP contribution in [0, 0.1) is 18.7 Å². The number of likely N-dealkylation sites (N-methyl/N-ethyl adjacent to an activating group) is 3. The van der Waals surface area contributed by atoms with Crippen molar-refractivity contribution in [2.24, 2.45) is 5.92 Å². The van der Waals surface area contributed by atoms with Crippen LogP contribution in [0.2, 0.25) is 0 Å². The zero-order valence-corrected chi connectivity index (χ0v) is 91.3. The van der Waals surface area contributed by atoms with Gasteiger partial charge < -0.3 is 35.6 Å². The Balaban J connectivity index is 0.000000728. The number of hydrogen-bond donors (Lipinski definition) is 3. The number of hydrogen-bond acceptors (Lipinski definition) is 19. The van der Waals surface area contributed by atoms with Crippen LogP contribution in [-0.4, -0.2) is 414 Å². The van der Waals surface area contributed by atoms with Gasteiger partial charge in [0, 0.05) is 295 Å². The summed E-state index contributed by atoms with van der Waals surface area (Å²) in [7, 11) is 4.29. The molecule has 7 aliphatic rings. The van der Waals surface area contributed by atoms with Gasteiger partial charge in [0.25, 0.3) is 0 Å². The van der Waals surface area contributed by atoms with E-state index >= 15 is 0 Å². The molecule has 0 aliphatic carbocycles. The molecule has 0 spiro atoms. The van der Waals surface area contributed by atoms with Gasteiger partial charge in [-0.25, -0.2) is 4.39 Å². The molecule has 7 aliphatic heterocycles. The third kappa shape index (κ3) is 62.0. The topological polar surface area (TPSA) is 87.9 Å². The van der Waals surface area contributed by atoms with Crippen molar-refractivity contribution in [3.05, 3.63) is 83.7 Å². The summed E-state index contributed by atoms with van der Waals surface area (Å²) in [6.45, 7) is 116. The number of nitrogens with one attached hydrogen (secondary N) is 3. The largest absolute Gasteiger partial charge is 0.315 e. The minimum absolute atomic E-state index is 0.0845. The number of rotatable bonds is 44. The summed E-state index contributed by atoms with van der Waals surface area (Å²) in [6.07, 6.45) is 18.6. The quantitative estimate of drug-likeness (QED) is 0.0434. The lowest BCUT2D eigenvalue weighted by Crippen LogP contribution is -2.50. The molecule has 760 valence electrons. The maximum absolute atomic E-state index is 13.5. The molecule has 0 radical (unpaired) electrons.